The molecule has 0 spiro atoms. The van der Waals surface area contributed by atoms with Gasteiger partial charge in [0.15, 0.2) is 17.5 Å². The lowest BCUT2D eigenvalue weighted by molar-refractivity contribution is 0.0695. The smallest absolute Gasteiger partial charge is 0.337 e. The second kappa shape index (κ2) is 6.95. The first-order valence-corrected chi connectivity index (χ1v) is 8.56. The van der Waals surface area contributed by atoms with E-state index in [2.05, 4.69) is 0 Å². The van der Waals surface area contributed by atoms with Crippen molar-refractivity contribution >= 4 is 17.7 Å². The fraction of sp³-hybridized carbons (Fsp3) is 0.294. The molecular weight excluding hydrogens is 355 g/mol. The van der Waals surface area contributed by atoms with E-state index in [9.17, 15) is 27.9 Å². The van der Waals surface area contributed by atoms with Crippen molar-refractivity contribution in [2.45, 2.75) is 35.8 Å². The number of rotatable bonds is 4. The minimum atomic E-state index is -1.65. The lowest BCUT2D eigenvalue weighted by Crippen LogP contribution is -2.22. The molecule has 1 aromatic carbocycles. The van der Waals surface area contributed by atoms with Gasteiger partial charge in [0, 0.05) is 23.6 Å². The molecule has 3 rings (SSSR count). The van der Waals surface area contributed by atoms with Crippen LogP contribution in [-0.2, 0) is 0 Å². The molecule has 4 nitrogen and oxygen atoms in total. The summed E-state index contributed by atoms with van der Waals surface area (Å²) < 4.78 is 41.0. The van der Waals surface area contributed by atoms with Gasteiger partial charge in [-0.05, 0) is 18.9 Å². The highest BCUT2D eigenvalue weighted by Gasteiger charge is 2.21. The average molecular weight is 369 g/mol. The summed E-state index contributed by atoms with van der Waals surface area (Å²) in [4.78, 5) is 24.2. The Kier molecular flexibility index (Phi) is 4.89. The van der Waals surface area contributed by atoms with E-state index in [1.54, 1.807) is 0 Å². The van der Waals surface area contributed by atoms with E-state index in [1.807, 2.05) is 0 Å². The summed E-state index contributed by atoms with van der Waals surface area (Å²) >= 11 is 1.27. The van der Waals surface area contributed by atoms with Gasteiger partial charge < -0.3 is 5.11 Å². The summed E-state index contributed by atoms with van der Waals surface area (Å²) in [6.07, 6.45) is 4.90. The number of carboxylic acids is 1. The predicted octanol–water partition coefficient (Wildman–Crippen LogP) is 3.99. The topological polar surface area (TPSA) is 59.3 Å². The Hall–Kier alpha value is -2.22. The Morgan fingerprint density at radius 1 is 1.12 bits per heavy atom. The monoisotopic (exact) mass is 369 g/mol. The van der Waals surface area contributed by atoms with Crippen LogP contribution in [0, 0.1) is 17.5 Å². The Bertz CT molecular complexity index is 868. The van der Waals surface area contributed by atoms with Gasteiger partial charge in [-0.3, -0.25) is 9.36 Å². The molecule has 1 saturated carbocycles. The Morgan fingerprint density at radius 3 is 2.28 bits per heavy atom. The summed E-state index contributed by atoms with van der Waals surface area (Å²) in [6.45, 7) is 0. The third kappa shape index (κ3) is 3.58. The third-order valence-corrected chi connectivity index (χ3v) is 5.43. The molecule has 1 aliphatic carbocycles. The van der Waals surface area contributed by atoms with Gasteiger partial charge >= 0.3 is 5.97 Å². The van der Waals surface area contributed by atoms with E-state index in [-0.39, 0.29) is 21.4 Å². The molecular formula is C17H14F3NO3S. The van der Waals surface area contributed by atoms with E-state index in [1.165, 1.54) is 17.8 Å². The lowest BCUT2D eigenvalue weighted by Gasteiger charge is -2.13. The molecule has 2 aromatic rings. The molecule has 1 N–H and O–H groups in total. The Morgan fingerprint density at radius 2 is 1.72 bits per heavy atom. The molecule has 0 aliphatic heterocycles. The predicted molar refractivity (Wildman–Crippen MR) is 87.0 cm³/mol. The SMILES string of the molecule is O=C(O)c1cc(SC2CCCC2)c(=O)n(-c2cc(F)c(F)c(F)c2)c1. The molecule has 132 valence electrons. The molecule has 0 saturated heterocycles. The number of carbonyl (C=O) groups is 1. The van der Waals surface area contributed by atoms with Crippen molar-refractivity contribution in [1.82, 2.24) is 4.57 Å². The lowest BCUT2D eigenvalue weighted by atomic mass is 10.2. The van der Waals surface area contributed by atoms with E-state index in [0.29, 0.717) is 12.1 Å². The molecule has 0 unspecified atom stereocenters. The summed E-state index contributed by atoms with van der Waals surface area (Å²) in [5.74, 6) is -5.82. The first kappa shape index (κ1) is 17.6. The van der Waals surface area contributed by atoms with Gasteiger partial charge in [-0.1, -0.05) is 12.8 Å². The second-order valence-corrected chi connectivity index (χ2v) is 7.16. The van der Waals surface area contributed by atoms with Crippen molar-refractivity contribution < 1.29 is 23.1 Å². The Labute approximate surface area is 145 Å². The molecule has 0 bridgehead atoms. The zero-order valence-electron chi connectivity index (χ0n) is 13.0. The molecule has 0 radical (unpaired) electrons. The second-order valence-electron chi connectivity index (χ2n) is 5.82. The average Bonchev–Trinajstić information content (AvgIpc) is 3.07. The van der Waals surface area contributed by atoms with Crippen molar-refractivity contribution in [2.75, 3.05) is 0 Å². The van der Waals surface area contributed by atoms with E-state index < -0.39 is 29.0 Å². The van der Waals surface area contributed by atoms with Gasteiger partial charge in [-0.25, -0.2) is 18.0 Å². The normalized spacial score (nSPS) is 14.8. The minimum Gasteiger partial charge on any atom is -0.478 e. The van der Waals surface area contributed by atoms with Crippen LogP contribution >= 0.6 is 11.8 Å². The maximum Gasteiger partial charge on any atom is 0.337 e. The van der Waals surface area contributed by atoms with Crippen LogP contribution in [0.1, 0.15) is 36.0 Å². The highest BCUT2D eigenvalue weighted by atomic mass is 32.2. The standard InChI is InChI=1S/C17H14F3NO3S/c18-12-6-10(7-13(19)15(12)20)21-8-9(17(23)24)5-14(16(21)22)25-11-3-1-2-4-11/h5-8,11H,1-4H2,(H,23,24). The first-order chi connectivity index (χ1) is 11.9. The van der Waals surface area contributed by atoms with Crippen molar-refractivity contribution in [1.29, 1.82) is 0 Å². The van der Waals surface area contributed by atoms with Crippen molar-refractivity contribution in [2.24, 2.45) is 0 Å². The molecule has 8 heteroatoms. The van der Waals surface area contributed by atoms with E-state index in [4.69, 9.17) is 0 Å². The van der Waals surface area contributed by atoms with Crippen LogP contribution in [-0.4, -0.2) is 20.9 Å². The number of aromatic nitrogens is 1. The summed E-state index contributed by atoms with van der Waals surface area (Å²) in [5, 5.41) is 9.45. The van der Waals surface area contributed by atoms with E-state index >= 15 is 0 Å². The van der Waals surface area contributed by atoms with Gasteiger partial charge in [0.25, 0.3) is 5.56 Å². The van der Waals surface area contributed by atoms with Crippen molar-refractivity contribution in [3.8, 4) is 5.69 Å². The molecule has 1 fully saturated rings. The maximum absolute atomic E-state index is 13.5. The molecule has 25 heavy (non-hydrogen) atoms. The number of carboxylic acid groups (broad SMARTS) is 1. The van der Waals surface area contributed by atoms with Crippen molar-refractivity contribution in [3.05, 3.63) is 57.8 Å². The number of nitrogens with zero attached hydrogens (tertiary/aromatic N) is 1. The maximum atomic E-state index is 13.5. The van der Waals surface area contributed by atoms with Crippen LogP contribution in [0.3, 0.4) is 0 Å². The highest BCUT2D eigenvalue weighted by molar-refractivity contribution is 8.00. The van der Waals surface area contributed by atoms with Crippen LogP contribution < -0.4 is 5.56 Å². The molecule has 1 aromatic heterocycles. The van der Waals surface area contributed by atoms with E-state index in [0.717, 1.165) is 36.4 Å². The number of aromatic carboxylic acids is 1. The largest absolute Gasteiger partial charge is 0.478 e. The molecule has 0 amide bonds. The quantitative estimate of drug-likeness (QED) is 0.828. The number of hydrogen-bond acceptors (Lipinski definition) is 3. The number of hydrogen-bond donors (Lipinski definition) is 1. The van der Waals surface area contributed by atoms with Crippen molar-refractivity contribution in [3.63, 3.8) is 0 Å². The zero-order valence-corrected chi connectivity index (χ0v) is 13.8. The summed E-state index contributed by atoms with van der Waals surface area (Å²) in [6, 6.07) is 2.59. The number of benzene rings is 1. The van der Waals surface area contributed by atoms with Gasteiger partial charge in [0.2, 0.25) is 0 Å². The third-order valence-electron chi connectivity index (χ3n) is 4.07. The van der Waals surface area contributed by atoms with Gasteiger partial charge in [-0.2, -0.15) is 0 Å². The molecule has 0 atom stereocenters. The van der Waals surface area contributed by atoms with Gasteiger partial charge in [-0.15, -0.1) is 11.8 Å². The molecule has 1 heterocycles. The summed E-state index contributed by atoms with van der Waals surface area (Å²) in [7, 11) is 0. The fourth-order valence-electron chi connectivity index (χ4n) is 2.82. The Balaban J connectivity index is 2.13. The van der Waals surface area contributed by atoms with Crippen LogP contribution in [0.5, 0.6) is 0 Å². The summed E-state index contributed by atoms with van der Waals surface area (Å²) in [5.41, 5.74) is -1.05. The number of thioether (sulfide) groups is 1. The van der Waals surface area contributed by atoms with Crippen LogP contribution in [0.25, 0.3) is 5.69 Å². The molecule has 1 aliphatic rings. The van der Waals surface area contributed by atoms with Gasteiger partial charge in [0.05, 0.1) is 16.1 Å². The first-order valence-electron chi connectivity index (χ1n) is 7.68. The zero-order chi connectivity index (χ0) is 18.1. The highest BCUT2D eigenvalue weighted by Crippen LogP contribution is 2.33. The van der Waals surface area contributed by atoms with Crippen LogP contribution in [0.15, 0.2) is 34.1 Å². The van der Waals surface area contributed by atoms with Crippen LogP contribution in [0.4, 0.5) is 13.2 Å². The van der Waals surface area contributed by atoms with Gasteiger partial charge in [0.1, 0.15) is 0 Å². The minimum absolute atomic E-state index is 0.190. The van der Waals surface area contributed by atoms with Crippen LogP contribution in [0.2, 0.25) is 0 Å². The number of halogens is 3. The number of pyridine rings is 1. The fourth-order valence-corrected chi connectivity index (χ4v) is 4.14.